The maximum absolute atomic E-state index is 3.68. The number of nitrogens with one attached hydrogen (secondary N) is 1. The van der Waals surface area contributed by atoms with E-state index in [-0.39, 0.29) is 0 Å². The number of nitrogens with zero attached hydrogens (tertiary/aromatic N) is 1. The van der Waals surface area contributed by atoms with Crippen molar-refractivity contribution in [3.05, 3.63) is 0 Å². The lowest BCUT2D eigenvalue weighted by Gasteiger charge is -2.42. The van der Waals surface area contributed by atoms with Gasteiger partial charge in [-0.25, -0.2) is 0 Å². The smallest absolute Gasteiger partial charge is 0.0259 e. The minimum atomic E-state index is 0.377. The van der Waals surface area contributed by atoms with Crippen LogP contribution in [0, 0.1) is 5.41 Å². The average molecular weight is 256 g/mol. The van der Waals surface area contributed by atoms with Crippen molar-refractivity contribution >= 4 is 11.8 Å². The van der Waals surface area contributed by atoms with Crippen LogP contribution in [0.2, 0.25) is 0 Å². The molecule has 17 heavy (non-hydrogen) atoms. The number of hydrogen-bond donors (Lipinski definition) is 1. The fourth-order valence-corrected chi connectivity index (χ4v) is 4.31. The van der Waals surface area contributed by atoms with Crippen LogP contribution < -0.4 is 5.32 Å². The summed E-state index contributed by atoms with van der Waals surface area (Å²) in [5, 5.41) is 3.68. The van der Waals surface area contributed by atoms with Gasteiger partial charge in [-0.15, -0.1) is 0 Å². The molecule has 2 aliphatic rings. The van der Waals surface area contributed by atoms with E-state index in [1.54, 1.807) is 0 Å². The van der Waals surface area contributed by atoms with Crippen molar-refractivity contribution < 1.29 is 0 Å². The van der Waals surface area contributed by atoms with E-state index in [9.17, 15) is 0 Å². The summed E-state index contributed by atoms with van der Waals surface area (Å²) >= 11 is 2.18. The van der Waals surface area contributed by atoms with Gasteiger partial charge in [-0.3, -0.25) is 4.90 Å². The molecule has 2 aliphatic heterocycles. The van der Waals surface area contributed by atoms with E-state index >= 15 is 0 Å². The van der Waals surface area contributed by atoms with Crippen LogP contribution in [0.3, 0.4) is 0 Å². The van der Waals surface area contributed by atoms with E-state index in [0.29, 0.717) is 16.2 Å². The van der Waals surface area contributed by atoms with Crippen LogP contribution in [0.4, 0.5) is 0 Å². The first-order chi connectivity index (χ1) is 7.89. The fraction of sp³-hybridized carbons (Fsp3) is 1.00. The van der Waals surface area contributed by atoms with E-state index in [1.165, 1.54) is 38.2 Å². The molecule has 100 valence electrons. The number of hydrogen-bond acceptors (Lipinski definition) is 3. The third-order valence-electron chi connectivity index (χ3n) is 4.16. The zero-order valence-electron chi connectivity index (χ0n) is 11.9. The van der Waals surface area contributed by atoms with Crippen LogP contribution in [-0.4, -0.2) is 47.6 Å². The SMILES string of the molecule is CC1(CN2CCNC(C(C)(C)C)C2)CCCS1. The average Bonchev–Trinajstić information content (AvgIpc) is 2.64. The van der Waals surface area contributed by atoms with Crippen molar-refractivity contribution in [3.8, 4) is 0 Å². The van der Waals surface area contributed by atoms with Crippen molar-refractivity contribution in [2.45, 2.75) is 51.3 Å². The van der Waals surface area contributed by atoms with Gasteiger partial charge in [-0.05, 0) is 30.9 Å². The molecule has 1 N–H and O–H groups in total. The quantitative estimate of drug-likeness (QED) is 0.817. The van der Waals surface area contributed by atoms with Crippen LogP contribution in [0.1, 0.15) is 40.5 Å². The zero-order chi connectivity index (χ0) is 12.5. The Morgan fingerprint density at radius 2 is 2.18 bits per heavy atom. The number of rotatable bonds is 2. The summed E-state index contributed by atoms with van der Waals surface area (Å²) in [5.74, 6) is 1.37. The van der Waals surface area contributed by atoms with Crippen LogP contribution in [0.15, 0.2) is 0 Å². The van der Waals surface area contributed by atoms with Crippen molar-refractivity contribution in [3.63, 3.8) is 0 Å². The molecule has 0 saturated carbocycles. The molecule has 2 heterocycles. The van der Waals surface area contributed by atoms with Gasteiger partial charge in [-0.2, -0.15) is 11.8 Å². The summed E-state index contributed by atoms with van der Waals surface area (Å²) in [4.78, 5) is 2.69. The van der Waals surface area contributed by atoms with E-state index in [0.717, 1.165) is 6.54 Å². The van der Waals surface area contributed by atoms with E-state index < -0.39 is 0 Å². The minimum Gasteiger partial charge on any atom is -0.311 e. The molecule has 2 nitrogen and oxygen atoms in total. The molecular weight excluding hydrogens is 228 g/mol. The lowest BCUT2D eigenvalue weighted by Crippen LogP contribution is -2.57. The lowest BCUT2D eigenvalue weighted by molar-refractivity contribution is 0.126. The normalized spacial score (nSPS) is 36.4. The van der Waals surface area contributed by atoms with Gasteiger partial charge < -0.3 is 5.32 Å². The molecule has 2 fully saturated rings. The summed E-state index contributed by atoms with van der Waals surface area (Å²) in [6.45, 7) is 14.4. The second-order valence-electron chi connectivity index (χ2n) is 7.01. The van der Waals surface area contributed by atoms with Gasteiger partial charge in [0.1, 0.15) is 0 Å². The lowest BCUT2D eigenvalue weighted by atomic mass is 9.85. The Kier molecular flexibility index (Phi) is 4.11. The molecule has 0 aromatic carbocycles. The molecule has 2 atom stereocenters. The molecule has 0 amide bonds. The van der Waals surface area contributed by atoms with E-state index in [4.69, 9.17) is 0 Å². The van der Waals surface area contributed by atoms with Gasteiger partial charge in [0.2, 0.25) is 0 Å². The highest BCUT2D eigenvalue weighted by Gasteiger charge is 2.35. The molecule has 0 radical (unpaired) electrons. The molecule has 2 saturated heterocycles. The van der Waals surface area contributed by atoms with Crippen LogP contribution >= 0.6 is 11.8 Å². The van der Waals surface area contributed by atoms with Gasteiger partial charge in [-0.1, -0.05) is 20.8 Å². The molecule has 0 aromatic rings. The first-order valence-electron chi connectivity index (χ1n) is 6.99. The Morgan fingerprint density at radius 1 is 1.41 bits per heavy atom. The summed E-state index contributed by atoms with van der Waals surface area (Å²) in [5.41, 5.74) is 0.377. The molecule has 0 aromatic heterocycles. The highest BCUT2D eigenvalue weighted by molar-refractivity contribution is 8.00. The third kappa shape index (κ3) is 3.62. The largest absolute Gasteiger partial charge is 0.311 e. The third-order valence-corrected chi connectivity index (χ3v) is 5.69. The Bertz CT molecular complexity index is 253. The molecule has 2 rings (SSSR count). The predicted octanol–water partition coefficient (Wildman–Crippen LogP) is 2.59. The van der Waals surface area contributed by atoms with Crippen molar-refractivity contribution in [2.75, 3.05) is 31.9 Å². The first kappa shape index (κ1) is 13.7. The molecule has 3 heteroatoms. The second-order valence-corrected chi connectivity index (χ2v) is 8.69. The molecule has 0 spiro atoms. The Balaban J connectivity index is 1.89. The van der Waals surface area contributed by atoms with Crippen LogP contribution in [-0.2, 0) is 0 Å². The highest BCUT2D eigenvalue weighted by Crippen LogP contribution is 2.38. The van der Waals surface area contributed by atoms with Gasteiger partial charge in [0, 0.05) is 37.0 Å². The van der Waals surface area contributed by atoms with E-state index in [1.807, 2.05) is 0 Å². The first-order valence-corrected chi connectivity index (χ1v) is 7.97. The van der Waals surface area contributed by atoms with Gasteiger partial charge in [0.05, 0.1) is 0 Å². The number of piperazine rings is 1. The van der Waals surface area contributed by atoms with Crippen molar-refractivity contribution in [1.82, 2.24) is 10.2 Å². The van der Waals surface area contributed by atoms with Crippen molar-refractivity contribution in [1.29, 1.82) is 0 Å². The Hall–Kier alpha value is 0.270. The van der Waals surface area contributed by atoms with Crippen molar-refractivity contribution in [2.24, 2.45) is 5.41 Å². The van der Waals surface area contributed by atoms with Gasteiger partial charge >= 0.3 is 0 Å². The van der Waals surface area contributed by atoms with Gasteiger partial charge in [0.15, 0.2) is 0 Å². The van der Waals surface area contributed by atoms with E-state index in [2.05, 4.69) is 49.7 Å². The number of thioether (sulfide) groups is 1. The monoisotopic (exact) mass is 256 g/mol. The summed E-state index contributed by atoms with van der Waals surface area (Å²) < 4.78 is 0.528. The summed E-state index contributed by atoms with van der Waals surface area (Å²) in [7, 11) is 0. The maximum Gasteiger partial charge on any atom is 0.0259 e. The molecule has 2 unspecified atom stereocenters. The van der Waals surface area contributed by atoms with Gasteiger partial charge in [0.25, 0.3) is 0 Å². The Morgan fingerprint density at radius 3 is 2.76 bits per heavy atom. The topological polar surface area (TPSA) is 15.3 Å². The highest BCUT2D eigenvalue weighted by atomic mass is 32.2. The minimum absolute atomic E-state index is 0.377. The molecule has 0 aliphatic carbocycles. The molecular formula is C14H28N2S. The predicted molar refractivity (Wildman–Crippen MR) is 77.8 cm³/mol. The molecule has 0 bridgehead atoms. The fourth-order valence-electron chi connectivity index (χ4n) is 2.97. The summed E-state index contributed by atoms with van der Waals surface area (Å²) in [6, 6.07) is 0.645. The summed E-state index contributed by atoms with van der Waals surface area (Å²) in [6.07, 6.45) is 2.82. The second kappa shape index (κ2) is 5.10. The van der Waals surface area contributed by atoms with Crippen LogP contribution in [0.5, 0.6) is 0 Å². The van der Waals surface area contributed by atoms with Crippen LogP contribution in [0.25, 0.3) is 0 Å². The maximum atomic E-state index is 3.68. The standard InChI is InChI=1S/C14H28N2S/c1-13(2,3)12-10-16(8-7-15-12)11-14(4)6-5-9-17-14/h12,15H,5-11H2,1-4H3. The zero-order valence-corrected chi connectivity index (χ0v) is 12.7. The Labute approximate surface area is 111 Å².